The first kappa shape index (κ1) is 25.4. The number of carbonyl (C=O) groups excluding carboxylic acids is 1. The Balaban J connectivity index is 1.31. The first-order chi connectivity index (χ1) is 18.8. The number of carbonyl (C=O) groups is 2. The summed E-state index contributed by atoms with van der Waals surface area (Å²) in [6.45, 7) is 6.01. The normalized spacial score (nSPS) is 22.3. The maximum absolute atomic E-state index is 13.4. The zero-order valence-electron chi connectivity index (χ0n) is 22.3. The molecule has 2 unspecified atom stereocenters. The summed E-state index contributed by atoms with van der Waals surface area (Å²) in [5.74, 6) is 0.476. The van der Waals surface area contributed by atoms with Crippen LogP contribution in [0.4, 0.5) is 16.3 Å². The number of nitrogens with zero attached hydrogens (tertiary/aromatic N) is 4. The van der Waals surface area contributed by atoms with Gasteiger partial charge in [-0.05, 0) is 68.9 Å². The second-order valence-electron chi connectivity index (χ2n) is 11.0. The summed E-state index contributed by atoms with van der Waals surface area (Å²) in [6, 6.07) is 7.74. The van der Waals surface area contributed by atoms with Crippen LogP contribution < -0.4 is 10.9 Å². The van der Waals surface area contributed by atoms with E-state index in [1.807, 2.05) is 40.8 Å². The van der Waals surface area contributed by atoms with Crippen LogP contribution in [-0.4, -0.2) is 80.1 Å². The standard InChI is InChI=1S/C28H34N6O5/c1-3-28(9-12-32(13-10-28)27(37)38)34-22-8-11-29-25(35)23(22)24(31-34)30-18-4-7-21(17(2)14-18)26(36)33-19-5-6-20(33)16-39-15-19/h4,7-8,11,14,19-20H,3,5-6,9-10,12-13,15-16H2,1-2H3,(H,29,35)(H,30,31)(H,37,38). The van der Waals surface area contributed by atoms with Crippen LogP contribution in [0, 0.1) is 6.92 Å². The van der Waals surface area contributed by atoms with Gasteiger partial charge in [-0.3, -0.25) is 14.3 Å². The molecule has 0 saturated carbocycles. The smallest absolute Gasteiger partial charge is 0.407 e. The predicted molar refractivity (Wildman–Crippen MR) is 146 cm³/mol. The second kappa shape index (κ2) is 9.71. The zero-order chi connectivity index (χ0) is 27.3. The van der Waals surface area contributed by atoms with Gasteiger partial charge >= 0.3 is 6.09 Å². The number of benzene rings is 1. The number of nitrogens with one attached hydrogen (secondary N) is 2. The molecule has 3 N–H and O–H groups in total. The molecule has 0 spiro atoms. The molecule has 11 nitrogen and oxygen atoms in total. The molecule has 6 rings (SSSR count). The van der Waals surface area contributed by atoms with Crippen LogP contribution in [-0.2, 0) is 10.3 Å². The van der Waals surface area contributed by atoms with Gasteiger partial charge in [0.2, 0.25) is 0 Å². The van der Waals surface area contributed by atoms with Crippen LogP contribution in [0.5, 0.6) is 0 Å². The quantitative estimate of drug-likeness (QED) is 0.455. The molecule has 3 fully saturated rings. The minimum absolute atomic E-state index is 0.0404. The number of likely N-dealkylation sites (tertiary alicyclic amines) is 1. The fraction of sp³-hybridized carbons (Fsp3) is 0.500. The number of anilines is 2. The van der Waals surface area contributed by atoms with Gasteiger partial charge in [0.1, 0.15) is 5.39 Å². The molecule has 0 aliphatic carbocycles. The van der Waals surface area contributed by atoms with Crippen LogP contribution in [0.15, 0.2) is 35.3 Å². The fourth-order valence-corrected chi connectivity index (χ4v) is 6.57. The van der Waals surface area contributed by atoms with E-state index in [1.165, 1.54) is 4.90 Å². The molecule has 39 heavy (non-hydrogen) atoms. The van der Waals surface area contributed by atoms with Crippen molar-refractivity contribution in [2.24, 2.45) is 0 Å². The van der Waals surface area contributed by atoms with E-state index >= 15 is 0 Å². The number of aromatic nitrogens is 3. The summed E-state index contributed by atoms with van der Waals surface area (Å²) in [7, 11) is 0. The maximum atomic E-state index is 13.4. The largest absolute Gasteiger partial charge is 0.465 e. The zero-order valence-corrected chi connectivity index (χ0v) is 22.3. The number of H-pyrrole nitrogens is 1. The number of rotatable bonds is 5. The van der Waals surface area contributed by atoms with Crippen molar-refractivity contribution in [2.45, 2.75) is 63.6 Å². The summed E-state index contributed by atoms with van der Waals surface area (Å²) >= 11 is 0. The molecule has 1 aromatic carbocycles. The lowest BCUT2D eigenvalue weighted by molar-refractivity contribution is -0.00719. The van der Waals surface area contributed by atoms with E-state index in [9.17, 15) is 19.5 Å². The molecular formula is C28H34N6O5. The van der Waals surface area contributed by atoms with Crippen molar-refractivity contribution in [3.05, 3.63) is 51.9 Å². The summed E-state index contributed by atoms with van der Waals surface area (Å²) in [5.41, 5.74) is 2.30. The molecule has 3 aromatic rings. The molecule has 206 valence electrons. The van der Waals surface area contributed by atoms with Crippen LogP contribution in [0.1, 0.15) is 54.9 Å². The third kappa shape index (κ3) is 4.25. The van der Waals surface area contributed by atoms with E-state index in [-0.39, 0.29) is 23.6 Å². The third-order valence-electron chi connectivity index (χ3n) is 8.87. The maximum Gasteiger partial charge on any atom is 0.407 e. The van der Waals surface area contributed by atoms with Gasteiger partial charge in [-0.15, -0.1) is 0 Å². The molecule has 2 atom stereocenters. The number of morpholine rings is 1. The topological polar surface area (TPSA) is 133 Å². The van der Waals surface area contributed by atoms with Crippen LogP contribution in [0.3, 0.4) is 0 Å². The molecular weight excluding hydrogens is 500 g/mol. The molecule has 2 amide bonds. The van der Waals surface area contributed by atoms with Gasteiger partial charge in [0.15, 0.2) is 5.82 Å². The Labute approximate surface area is 225 Å². The van der Waals surface area contributed by atoms with Gasteiger partial charge in [-0.1, -0.05) is 6.92 Å². The summed E-state index contributed by atoms with van der Waals surface area (Å²) in [5, 5.41) is 18.1. The van der Waals surface area contributed by atoms with E-state index in [0.717, 1.165) is 30.5 Å². The molecule has 5 heterocycles. The average Bonchev–Trinajstić information content (AvgIpc) is 3.42. The highest BCUT2D eigenvalue weighted by molar-refractivity contribution is 5.97. The highest BCUT2D eigenvalue weighted by Crippen LogP contribution is 2.38. The molecule has 2 bridgehead atoms. The van der Waals surface area contributed by atoms with Gasteiger partial charge in [0.25, 0.3) is 11.5 Å². The summed E-state index contributed by atoms with van der Waals surface area (Å²) in [4.78, 5) is 44.1. The lowest BCUT2D eigenvalue weighted by atomic mass is 9.85. The van der Waals surface area contributed by atoms with Crippen molar-refractivity contribution < 1.29 is 19.4 Å². The first-order valence-corrected chi connectivity index (χ1v) is 13.7. The number of pyridine rings is 1. The van der Waals surface area contributed by atoms with Gasteiger partial charge in [-0.25, -0.2) is 4.79 Å². The molecule has 3 aliphatic heterocycles. The minimum Gasteiger partial charge on any atom is -0.465 e. The third-order valence-corrected chi connectivity index (χ3v) is 8.87. The number of ether oxygens (including phenoxy) is 1. The van der Waals surface area contributed by atoms with Gasteiger partial charge < -0.3 is 29.9 Å². The van der Waals surface area contributed by atoms with Crippen molar-refractivity contribution in [3.63, 3.8) is 0 Å². The van der Waals surface area contributed by atoms with Crippen molar-refractivity contribution in [1.29, 1.82) is 0 Å². The molecule has 3 saturated heterocycles. The minimum atomic E-state index is -0.914. The van der Waals surface area contributed by atoms with E-state index in [2.05, 4.69) is 17.2 Å². The van der Waals surface area contributed by atoms with Gasteiger partial charge in [0.05, 0.1) is 36.4 Å². The monoisotopic (exact) mass is 534 g/mol. The highest BCUT2D eigenvalue weighted by Gasteiger charge is 2.41. The molecule has 2 aromatic heterocycles. The molecule has 0 radical (unpaired) electrons. The van der Waals surface area contributed by atoms with Crippen molar-refractivity contribution >= 4 is 34.4 Å². The second-order valence-corrected chi connectivity index (χ2v) is 11.0. The van der Waals surface area contributed by atoms with E-state index in [1.54, 1.807) is 6.20 Å². The number of hydrogen-bond acceptors (Lipinski definition) is 6. The number of amides is 2. The predicted octanol–water partition coefficient (Wildman–Crippen LogP) is 3.66. The average molecular weight is 535 g/mol. The Morgan fingerprint density at radius 1 is 1.18 bits per heavy atom. The van der Waals surface area contributed by atoms with Crippen LogP contribution in [0.25, 0.3) is 10.9 Å². The summed E-state index contributed by atoms with van der Waals surface area (Å²) < 4.78 is 7.56. The lowest BCUT2D eigenvalue weighted by Crippen LogP contribution is -2.49. The number of aryl methyl sites for hydroxylation is 1. The number of fused-ring (bicyclic) bond motifs is 3. The van der Waals surface area contributed by atoms with E-state index in [0.29, 0.717) is 61.4 Å². The van der Waals surface area contributed by atoms with Gasteiger partial charge in [-0.2, -0.15) is 5.10 Å². The number of aromatic amines is 1. The number of hydrogen-bond donors (Lipinski definition) is 3. The van der Waals surface area contributed by atoms with Crippen molar-refractivity contribution in [3.8, 4) is 0 Å². The molecule has 3 aliphatic rings. The summed E-state index contributed by atoms with van der Waals surface area (Å²) in [6.07, 6.45) is 4.63. The Hall–Kier alpha value is -3.86. The highest BCUT2D eigenvalue weighted by atomic mass is 16.5. The fourth-order valence-electron chi connectivity index (χ4n) is 6.57. The number of carboxylic acid groups (broad SMARTS) is 1. The Morgan fingerprint density at radius 2 is 1.90 bits per heavy atom. The van der Waals surface area contributed by atoms with Crippen molar-refractivity contribution in [1.82, 2.24) is 24.6 Å². The van der Waals surface area contributed by atoms with Gasteiger partial charge in [0, 0.05) is 30.5 Å². The van der Waals surface area contributed by atoms with Crippen LogP contribution in [0.2, 0.25) is 0 Å². The SMILES string of the molecule is CCC1(n2nc(Nc3ccc(C(=O)N4C5CCC4COC5)c(C)c3)c3c(=O)[nH]ccc32)CCN(C(=O)O)CC1. The van der Waals surface area contributed by atoms with Crippen LogP contribution >= 0.6 is 0 Å². The van der Waals surface area contributed by atoms with E-state index < -0.39 is 11.6 Å². The number of piperidine rings is 1. The van der Waals surface area contributed by atoms with E-state index in [4.69, 9.17) is 9.84 Å². The Kier molecular flexibility index (Phi) is 6.33. The Bertz CT molecular complexity index is 1470. The molecule has 11 heteroatoms. The first-order valence-electron chi connectivity index (χ1n) is 13.7. The Morgan fingerprint density at radius 3 is 2.54 bits per heavy atom. The van der Waals surface area contributed by atoms with Crippen molar-refractivity contribution in [2.75, 3.05) is 31.6 Å². The lowest BCUT2D eigenvalue weighted by Gasteiger charge is -2.41.